The largest absolute Gasteiger partial charge is 0.348 e. The predicted molar refractivity (Wildman–Crippen MR) is 154 cm³/mol. The van der Waals surface area contributed by atoms with Crippen LogP contribution < -0.4 is 11.1 Å². The first-order chi connectivity index (χ1) is 19.5. The number of amides is 2. The minimum atomic E-state index is -0.161. The number of aryl methyl sites for hydroxylation is 1. The summed E-state index contributed by atoms with van der Waals surface area (Å²) in [6, 6.07) is 12.0. The summed E-state index contributed by atoms with van der Waals surface area (Å²) in [6.45, 7) is 6.34. The molecule has 40 heavy (non-hydrogen) atoms. The highest BCUT2D eigenvalue weighted by molar-refractivity contribution is 5.97. The Kier molecular flexibility index (Phi) is 7.06. The fraction of sp³-hybridized carbons (Fsp3) is 0.387. The van der Waals surface area contributed by atoms with Crippen LogP contribution in [0.15, 0.2) is 48.8 Å². The summed E-state index contributed by atoms with van der Waals surface area (Å²) in [5.41, 5.74) is 10.9. The number of hydrogen-bond donors (Lipinski definition) is 2. The van der Waals surface area contributed by atoms with E-state index in [4.69, 9.17) is 15.7 Å². The lowest BCUT2D eigenvalue weighted by Crippen LogP contribution is -2.40. The predicted octanol–water partition coefficient (Wildman–Crippen LogP) is 3.94. The summed E-state index contributed by atoms with van der Waals surface area (Å²) in [6.07, 6.45) is 7.53. The number of aromatic nitrogens is 4. The summed E-state index contributed by atoms with van der Waals surface area (Å²) in [7, 11) is 0. The van der Waals surface area contributed by atoms with Gasteiger partial charge in [0.05, 0.1) is 23.6 Å². The summed E-state index contributed by atoms with van der Waals surface area (Å²) < 4.78 is 2.27. The molecule has 0 bridgehead atoms. The molecular formula is C31H35N7O2. The number of nitrogens with zero attached hydrogens (tertiary/aromatic N) is 5. The molecule has 206 valence electrons. The molecule has 1 aliphatic carbocycles. The van der Waals surface area contributed by atoms with Crippen molar-refractivity contribution in [2.45, 2.75) is 58.7 Å². The van der Waals surface area contributed by atoms with Gasteiger partial charge in [-0.25, -0.2) is 4.98 Å². The van der Waals surface area contributed by atoms with Crippen LogP contribution in [0.1, 0.15) is 55.1 Å². The molecule has 0 radical (unpaired) electrons. The van der Waals surface area contributed by atoms with E-state index < -0.39 is 0 Å². The Labute approximate surface area is 233 Å². The van der Waals surface area contributed by atoms with Crippen LogP contribution in [0, 0.1) is 5.92 Å². The zero-order chi connectivity index (χ0) is 27.8. The molecule has 6 rings (SSSR count). The van der Waals surface area contributed by atoms with Gasteiger partial charge in [0.25, 0.3) is 5.91 Å². The smallest absolute Gasteiger partial charge is 0.270 e. The molecule has 4 aromatic rings. The highest BCUT2D eigenvalue weighted by Crippen LogP contribution is 2.34. The maximum Gasteiger partial charge on any atom is 0.270 e. The number of benzene rings is 1. The van der Waals surface area contributed by atoms with Crippen LogP contribution in [0.3, 0.4) is 0 Å². The lowest BCUT2D eigenvalue weighted by molar-refractivity contribution is -0.130. The van der Waals surface area contributed by atoms with E-state index in [-0.39, 0.29) is 17.9 Å². The van der Waals surface area contributed by atoms with Crippen LogP contribution in [-0.4, -0.2) is 55.4 Å². The molecule has 2 unspecified atom stereocenters. The van der Waals surface area contributed by atoms with E-state index in [1.165, 1.54) is 0 Å². The lowest BCUT2D eigenvalue weighted by atomic mass is 10.0. The van der Waals surface area contributed by atoms with Crippen molar-refractivity contribution in [3.05, 3.63) is 66.0 Å². The number of imidazole rings is 1. The number of carbonyl (C=O) groups is 2. The van der Waals surface area contributed by atoms with Crippen molar-refractivity contribution >= 4 is 22.6 Å². The van der Waals surface area contributed by atoms with E-state index in [1.54, 1.807) is 19.2 Å². The maximum atomic E-state index is 12.8. The number of hydrogen-bond acceptors (Lipinski definition) is 6. The van der Waals surface area contributed by atoms with Crippen molar-refractivity contribution in [3.63, 3.8) is 0 Å². The minimum Gasteiger partial charge on any atom is -0.348 e. The van der Waals surface area contributed by atoms with Crippen LogP contribution in [-0.2, 0) is 24.3 Å². The molecule has 9 nitrogen and oxygen atoms in total. The zero-order valence-electron chi connectivity index (χ0n) is 23.1. The van der Waals surface area contributed by atoms with Gasteiger partial charge in [0, 0.05) is 61.4 Å². The van der Waals surface area contributed by atoms with Gasteiger partial charge in [-0.2, -0.15) is 0 Å². The van der Waals surface area contributed by atoms with E-state index in [0.717, 1.165) is 77.0 Å². The molecule has 1 fully saturated rings. The molecule has 9 heteroatoms. The Balaban J connectivity index is 1.28. The van der Waals surface area contributed by atoms with Gasteiger partial charge in [-0.1, -0.05) is 31.5 Å². The van der Waals surface area contributed by atoms with Crippen molar-refractivity contribution in [2.75, 3.05) is 13.1 Å². The molecule has 2 aliphatic rings. The second-order valence-electron chi connectivity index (χ2n) is 10.8. The van der Waals surface area contributed by atoms with E-state index in [2.05, 4.69) is 33.9 Å². The molecule has 0 spiro atoms. The Hall–Kier alpha value is -4.11. The van der Waals surface area contributed by atoms with Crippen LogP contribution >= 0.6 is 0 Å². The summed E-state index contributed by atoms with van der Waals surface area (Å²) in [5.74, 6) is 1.29. The van der Waals surface area contributed by atoms with Crippen LogP contribution in [0.5, 0.6) is 0 Å². The third kappa shape index (κ3) is 4.75. The number of nitrogens with two attached hydrogens (primary N) is 1. The van der Waals surface area contributed by atoms with Crippen LogP contribution in [0.2, 0.25) is 0 Å². The fourth-order valence-electron chi connectivity index (χ4n) is 6.16. The second kappa shape index (κ2) is 10.8. The summed E-state index contributed by atoms with van der Waals surface area (Å²) in [5, 5.41) is 5.15. The highest BCUT2D eigenvalue weighted by atomic mass is 16.2. The lowest BCUT2D eigenvalue weighted by Gasteiger charge is -2.28. The molecule has 4 heterocycles. The van der Waals surface area contributed by atoms with Gasteiger partial charge in [-0.3, -0.25) is 19.6 Å². The number of nitrogens with one attached hydrogen (secondary N) is 1. The van der Waals surface area contributed by atoms with Gasteiger partial charge in [-0.15, -0.1) is 0 Å². The van der Waals surface area contributed by atoms with E-state index >= 15 is 0 Å². The van der Waals surface area contributed by atoms with Crippen LogP contribution in [0.25, 0.3) is 33.3 Å². The molecule has 0 saturated heterocycles. The van der Waals surface area contributed by atoms with Gasteiger partial charge in [0.15, 0.2) is 0 Å². The van der Waals surface area contributed by atoms with E-state index in [1.807, 2.05) is 29.3 Å². The number of pyridine rings is 2. The normalized spacial score (nSPS) is 18.6. The number of carbonyl (C=O) groups excluding carboxylic acids is 2. The zero-order valence-corrected chi connectivity index (χ0v) is 23.1. The maximum absolute atomic E-state index is 12.8. The van der Waals surface area contributed by atoms with Crippen molar-refractivity contribution in [2.24, 2.45) is 11.7 Å². The third-order valence-corrected chi connectivity index (χ3v) is 8.44. The van der Waals surface area contributed by atoms with E-state index in [0.29, 0.717) is 31.2 Å². The first-order valence-electron chi connectivity index (χ1n) is 14.2. The van der Waals surface area contributed by atoms with Crippen molar-refractivity contribution in [1.29, 1.82) is 0 Å². The van der Waals surface area contributed by atoms with Crippen molar-refractivity contribution in [1.82, 2.24) is 29.7 Å². The topological polar surface area (TPSA) is 119 Å². The monoisotopic (exact) mass is 537 g/mol. The molecule has 1 aliphatic heterocycles. The van der Waals surface area contributed by atoms with Gasteiger partial charge in [-0.05, 0) is 48.9 Å². The standard InChI is InChI=1S/C31H35N7O2/c1-3-29-36-30(28-18-37(19(2)39)12-13-38(28)29)23-8-4-6-20-14-27(34-17-24(20)23)22-10-11-26(33-16-22)31(40)35-25-9-5-7-21(25)15-32/h4,6,8,10-11,14,16-17,21,25H,3,5,7,9,12-13,15,18,32H2,1-2H3,(H,35,40). The number of rotatable bonds is 6. The average molecular weight is 538 g/mol. The molecular weight excluding hydrogens is 502 g/mol. The van der Waals surface area contributed by atoms with Crippen molar-refractivity contribution < 1.29 is 9.59 Å². The molecule has 3 N–H and O–H groups in total. The Bertz CT molecular complexity index is 1580. The molecule has 1 aromatic carbocycles. The Morgan fingerprint density at radius 2 is 1.98 bits per heavy atom. The average Bonchev–Trinajstić information content (AvgIpc) is 3.60. The first kappa shape index (κ1) is 26.1. The Morgan fingerprint density at radius 1 is 1.10 bits per heavy atom. The van der Waals surface area contributed by atoms with Crippen LogP contribution in [0.4, 0.5) is 0 Å². The fourth-order valence-corrected chi connectivity index (χ4v) is 6.16. The van der Waals surface area contributed by atoms with Gasteiger partial charge in [0.1, 0.15) is 11.5 Å². The molecule has 2 amide bonds. The van der Waals surface area contributed by atoms with Crippen molar-refractivity contribution in [3.8, 4) is 22.5 Å². The Morgan fingerprint density at radius 3 is 2.73 bits per heavy atom. The SMILES string of the molecule is CCc1nc(-c2cccc3cc(-c4ccc(C(=O)NC5CCCC5CN)nc4)ncc23)c2n1CCN(C(C)=O)C2. The molecule has 3 aromatic heterocycles. The van der Waals surface area contributed by atoms with E-state index in [9.17, 15) is 9.59 Å². The summed E-state index contributed by atoms with van der Waals surface area (Å²) in [4.78, 5) is 41.0. The minimum absolute atomic E-state index is 0.0797. The number of fused-ring (bicyclic) bond motifs is 2. The van der Waals surface area contributed by atoms with Gasteiger partial charge in [0.2, 0.25) is 5.91 Å². The third-order valence-electron chi connectivity index (χ3n) is 8.44. The first-order valence-corrected chi connectivity index (χ1v) is 14.2. The summed E-state index contributed by atoms with van der Waals surface area (Å²) >= 11 is 0. The molecule has 1 saturated carbocycles. The van der Waals surface area contributed by atoms with Gasteiger partial charge < -0.3 is 20.5 Å². The quantitative estimate of drug-likeness (QED) is 0.385. The van der Waals surface area contributed by atoms with Gasteiger partial charge >= 0.3 is 0 Å². The highest BCUT2D eigenvalue weighted by Gasteiger charge is 2.28. The molecule has 2 atom stereocenters. The second-order valence-corrected chi connectivity index (χ2v) is 10.8.